The van der Waals surface area contributed by atoms with Crippen LogP contribution in [0.2, 0.25) is 0 Å². The minimum atomic E-state index is 0.178. The van der Waals surface area contributed by atoms with Gasteiger partial charge in [0.15, 0.2) is 0 Å². The highest BCUT2D eigenvalue weighted by Crippen LogP contribution is 2.16. The summed E-state index contributed by atoms with van der Waals surface area (Å²) in [5, 5.41) is 0. The average molecular weight is 299 g/mol. The topological polar surface area (TPSA) is 20.3 Å². The number of aryl methyl sites for hydroxylation is 1. The van der Waals surface area contributed by atoms with Crippen molar-refractivity contribution in [2.75, 3.05) is 12.8 Å². The number of benzene rings is 2. The normalized spacial score (nSPS) is 10.4. The molecule has 0 saturated heterocycles. The molecule has 0 heterocycles. The lowest BCUT2D eigenvalue weighted by Crippen LogP contribution is -2.27. The number of thioether (sulfide) groups is 1. The fourth-order valence-corrected chi connectivity index (χ4v) is 3.12. The van der Waals surface area contributed by atoms with Crippen LogP contribution >= 0.6 is 11.8 Å². The zero-order valence-electron chi connectivity index (χ0n) is 12.6. The van der Waals surface area contributed by atoms with Crippen molar-refractivity contribution in [2.24, 2.45) is 0 Å². The molecule has 0 aliphatic heterocycles. The van der Waals surface area contributed by atoms with Gasteiger partial charge in [0, 0.05) is 19.3 Å². The maximum atomic E-state index is 12.1. The van der Waals surface area contributed by atoms with Crippen LogP contribution in [0, 0.1) is 6.92 Å². The third-order valence-electron chi connectivity index (χ3n) is 3.43. The van der Waals surface area contributed by atoms with Gasteiger partial charge in [0.1, 0.15) is 0 Å². The molecule has 2 nitrogen and oxygen atoms in total. The van der Waals surface area contributed by atoms with Crippen LogP contribution in [-0.2, 0) is 17.1 Å². The van der Waals surface area contributed by atoms with Crippen LogP contribution in [0.4, 0.5) is 0 Å². The number of rotatable bonds is 6. The Morgan fingerprint density at radius 2 is 1.71 bits per heavy atom. The summed E-state index contributed by atoms with van der Waals surface area (Å²) in [5.74, 6) is 1.59. The monoisotopic (exact) mass is 299 g/mol. The van der Waals surface area contributed by atoms with E-state index in [9.17, 15) is 4.79 Å². The summed E-state index contributed by atoms with van der Waals surface area (Å²) in [5.41, 5.74) is 3.76. The van der Waals surface area contributed by atoms with Crippen LogP contribution < -0.4 is 0 Å². The molecule has 0 aromatic heterocycles. The molecule has 21 heavy (non-hydrogen) atoms. The second kappa shape index (κ2) is 7.89. The SMILES string of the molecule is Cc1ccccc1CSCC(=O)N(C)Cc1ccccc1. The Hall–Kier alpha value is -1.74. The molecule has 110 valence electrons. The smallest absolute Gasteiger partial charge is 0.232 e. The molecule has 0 aliphatic rings. The summed E-state index contributed by atoms with van der Waals surface area (Å²) >= 11 is 1.68. The Morgan fingerprint density at radius 1 is 1.05 bits per heavy atom. The molecule has 0 aliphatic carbocycles. The second-order valence-corrected chi connectivity index (χ2v) is 6.14. The molecule has 2 aromatic rings. The standard InChI is InChI=1S/C18H21NOS/c1-15-8-6-7-11-17(15)13-21-14-18(20)19(2)12-16-9-4-3-5-10-16/h3-11H,12-14H2,1-2H3. The van der Waals surface area contributed by atoms with Gasteiger partial charge in [-0.3, -0.25) is 4.79 Å². The minimum absolute atomic E-state index is 0.178. The molecule has 2 aromatic carbocycles. The fraction of sp³-hybridized carbons (Fsp3) is 0.278. The first-order chi connectivity index (χ1) is 10.2. The highest BCUT2D eigenvalue weighted by atomic mass is 32.2. The van der Waals surface area contributed by atoms with Crippen LogP contribution in [-0.4, -0.2) is 23.6 Å². The van der Waals surface area contributed by atoms with Crippen LogP contribution in [0.1, 0.15) is 16.7 Å². The summed E-state index contributed by atoms with van der Waals surface area (Å²) in [7, 11) is 1.86. The van der Waals surface area contributed by atoms with E-state index < -0.39 is 0 Å². The summed E-state index contributed by atoms with van der Waals surface area (Å²) in [4.78, 5) is 13.9. The quantitative estimate of drug-likeness (QED) is 0.806. The summed E-state index contributed by atoms with van der Waals surface area (Å²) in [6.07, 6.45) is 0. The maximum absolute atomic E-state index is 12.1. The Labute approximate surface area is 131 Å². The van der Waals surface area contributed by atoms with Crippen molar-refractivity contribution in [1.82, 2.24) is 4.90 Å². The molecular weight excluding hydrogens is 278 g/mol. The minimum Gasteiger partial charge on any atom is -0.341 e. The summed E-state index contributed by atoms with van der Waals surface area (Å²) in [6, 6.07) is 18.4. The number of hydrogen-bond acceptors (Lipinski definition) is 2. The van der Waals surface area contributed by atoms with Gasteiger partial charge in [0.25, 0.3) is 0 Å². The zero-order chi connectivity index (χ0) is 15.1. The number of carbonyl (C=O) groups excluding carboxylic acids is 1. The van der Waals surface area contributed by atoms with Gasteiger partial charge in [-0.25, -0.2) is 0 Å². The van der Waals surface area contributed by atoms with Gasteiger partial charge in [-0.15, -0.1) is 11.8 Å². The van der Waals surface area contributed by atoms with E-state index in [1.165, 1.54) is 11.1 Å². The first-order valence-corrected chi connectivity index (χ1v) is 8.22. The van der Waals surface area contributed by atoms with E-state index in [0.29, 0.717) is 12.3 Å². The molecule has 2 rings (SSSR count). The van der Waals surface area contributed by atoms with Gasteiger partial charge < -0.3 is 4.90 Å². The van der Waals surface area contributed by atoms with Gasteiger partial charge in [-0.2, -0.15) is 0 Å². The van der Waals surface area contributed by atoms with Gasteiger partial charge in [0.05, 0.1) is 5.75 Å². The van der Waals surface area contributed by atoms with E-state index in [4.69, 9.17) is 0 Å². The van der Waals surface area contributed by atoms with E-state index in [-0.39, 0.29) is 5.91 Å². The van der Waals surface area contributed by atoms with E-state index >= 15 is 0 Å². The number of amides is 1. The first-order valence-electron chi connectivity index (χ1n) is 7.07. The Morgan fingerprint density at radius 3 is 2.43 bits per heavy atom. The lowest BCUT2D eigenvalue weighted by Gasteiger charge is -2.17. The lowest BCUT2D eigenvalue weighted by molar-refractivity contribution is -0.127. The van der Waals surface area contributed by atoms with Crippen molar-refractivity contribution >= 4 is 17.7 Å². The van der Waals surface area contributed by atoms with E-state index in [1.807, 2.05) is 49.5 Å². The van der Waals surface area contributed by atoms with Crippen LogP contribution in [0.3, 0.4) is 0 Å². The Bertz CT molecular complexity index is 583. The van der Waals surface area contributed by atoms with Crippen LogP contribution in [0.25, 0.3) is 0 Å². The molecule has 0 saturated carbocycles. The molecule has 3 heteroatoms. The molecule has 1 amide bonds. The van der Waals surface area contributed by atoms with Crippen LogP contribution in [0.5, 0.6) is 0 Å². The predicted octanol–water partition coefficient (Wildman–Crippen LogP) is 3.89. The second-order valence-electron chi connectivity index (χ2n) is 5.15. The number of carbonyl (C=O) groups is 1. The van der Waals surface area contributed by atoms with Gasteiger partial charge >= 0.3 is 0 Å². The number of nitrogens with zero attached hydrogens (tertiary/aromatic N) is 1. The van der Waals surface area contributed by atoms with Crippen molar-refractivity contribution in [3.63, 3.8) is 0 Å². The molecule has 0 radical (unpaired) electrons. The number of hydrogen-bond donors (Lipinski definition) is 0. The Kier molecular flexibility index (Phi) is 5.88. The third-order valence-corrected chi connectivity index (χ3v) is 4.40. The molecule has 0 unspecified atom stereocenters. The average Bonchev–Trinajstić information content (AvgIpc) is 2.50. The van der Waals surface area contributed by atoms with Crippen molar-refractivity contribution in [3.8, 4) is 0 Å². The lowest BCUT2D eigenvalue weighted by atomic mass is 10.1. The van der Waals surface area contributed by atoms with E-state index in [0.717, 1.165) is 11.3 Å². The van der Waals surface area contributed by atoms with Crippen LogP contribution in [0.15, 0.2) is 54.6 Å². The van der Waals surface area contributed by atoms with Crippen molar-refractivity contribution < 1.29 is 4.79 Å². The highest BCUT2D eigenvalue weighted by Gasteiger charge is 2.09. The molecule has 0 spiro atoms. The third kappa shape index (κ3) is 4.94. The van der Waals surface area contributed by atoms with E-state index in [2.05, 4.69) is 19.1 Å². The largest absolute Gasteiger partial charge is 0.341 e. The first kappa shape index (κ1) is 15.6. The molecule has 0 atom stereocenters. The Balaban J connectivity index is 1.78. The predicted molar refractivity (Wildman–Crippen MR) is 90.3 cm³/mol. The highest BCUT2D eigenvalue weighted by molar-refractivity contribution is 7.99. The van der Waals surface area contributed by atoms with Gasteiger partial charge in [0.2, 0.25) is 5.91 Å². The summed E-state index contributed by atoms with van der Waals surface area (Å²) < 4.78 is 0. The maximum Gasteiger partial charge on any atom is 0.232 e. The van der Waals surface area contributed by atoms with Crippen molar-refractivity contribution in [3.05, 3.63) is 71.3 Å². The zero-order valence-corrected chi connectivity index (χ0v) is 13.4. The molecule has 0 bridgehead atoms. The van der Waals surface area contributed by atoms with Gasteiger partial charge in [-0.1, -0.05) is 54.6 Å². The molecular formula is C18H21NOS. The summed E-state index contributed by atoms with van der Waals surface area (Å²) in [6.45, 7) is 2.78. The van der Waals surface area contributed by atoms with Crippen molar-refractivity contribution in [1.29, 1.82) is 0 Å². The molecule has 0 fully saturated rings. The molecule has 0 N–H and O–H groups in total. The van der Waals surface area contributed by atoms with Crippen molar-refractivity contribution in [2.45, 2.75) is 19.2 Å². The van der Waals surface area contributed by atoms with Gasteiger partial charge in [-0.05, 0) is 23.6 Å². The van der Waals surface area contributed by atoms with E-state index in [1.54, 1.807) is 16.7 Å². The fourth-order valence-electron chi connectivity index (χ4n) is 2.08.